The molecule has 4 aliphatic carbocycles. The minimum atomic E-state index is -0.105. The monoisotopic (exact) mass is 819 g/mol. The maximum atomic E-state index is 2.56. The van der Waals surface area contributed by atoms with Crippen molar-refractivity contribution in [2.75, 3.05) is 4.90 Å². The van der Waals surface area contributed by atoms with E-state index in [-0.39, 0.29) is 16.2 Å². The van der Waals surface area contributed by atoms with Gasteiger partial charge >= 0.3 is 0 Å². The lowest BCUT2D eigenvalue weighted by atomic mass is 9.57. The molecular weight excluding hydrogens is 771 g/mol. The lowest BCUT2D eigenvalue weighted by Gasteiger charge is -2.45. The summed E-state index contributed by atoms with van der Waals surface area (Å²) in [7, 11) is 0. The highest BCUT2D eigenvalue weighted by Crippen LogP contribution is 2.64. The molecule has 306 valence electrons. The van der Waals surface area contributed by atoms with E-state index in [1.165, 1.54) is 89.0 Å². The topological polar surface area (TPSA) is 3.24 Å². The molecule has 0 saturated heterocycles. The summed E-state index contributed by atoms with van der Waals surface area (Å²) in [5, 5.41) is 0. The number of nitrogens with zero attached hydrogens (tertiary/aromatic N) is 1. The second-order valence-corrected chi connectivity index (χ2v) is 19.2. The molecule has 0 radical (unpaired) electrons. The minimum Gasteiger partial charge on any atom is -0.310 e. The molecule has 0 amide bonds. The molecule has 0 aromatic heterocycles. The number of anilines is 3. The van der Waals surface area contributed by atoms with E-state index in [2.05, 4.69) is 231 Å². The summed E-state index contributed by atoms with van der Waals surface area (Å²) in [4.78, 5) is 2.47. The third-order valence-electron chi connectivity index (χ3n) is 15.9. The van der Waals surface area contributed by atoms with Crippen LogP contribution in [-0.2, 0) is 16.2 Å². The van der Waals surface area contributed by atoms with Gasteiger partial charge in [0.25, 0.3) is 0 Å². The number of rotatable bonds is 5. The summed E-state index contributed by atoms with van der Waals surface area (Å²) in [5.41, 5.74) is 25.5. The molecule has 0 aliphatic heterocycles. The first-order chi connectivity index (χ1) is 31.4. The van der Waals surface area contributed by atoms with Gasteiger partial charge in [0.05, 0.1) is 5.69 Å². The molecule has 1 heteroatoms. The van der Waals surface area contributed by atoms with E-state index < -0.39 is 0 Å². The largest absolute Gasteiger partial charge is 0.310 e. The van der Waals surface area contributed by atoms with Crippen molar-refractivity contribution in [2.45, 2.75) is 55.8 Å². The van der Waals surface area contributed by atoms with Gasteiger partial charge in [-0.05, 0) is 146 Å². The summed E-state index contributed by atoms with van der Waals surface area (Å²) in [6.45, 7) is 4.74. The average molecular weight is 820 g/mol. The molecule has 9 aromatic rings. The van der Waals surface area contributed by atoms with Gasteiger partial charge in [0.1, 0.15) is 0 Å². The highest BCUT2D eigenvalue weighted by Gasteiger charge is 2.53. The SMILES string of the molecule is CC1(C)c2ccccc2-c2ccc(N(c3ccc(-c4ccc5c(c4)C4(CCC6(CC4)c4ccccc4-c4ccccc46)c4ccccc4-5)cc3)c3ccccc3-c3ccccc3)cc21. The number of hydrogen-bond acceptors (Lipinski definition) is 1. The van der Waals surface area contributed by atoms with E-state index in [0.717, 1.165) is 42.7 Å². The first-order valence-corrected chi connectivity index (χ1v) is 23.2. The number of benzene rings is 9. The van der Waals surface area contributed by atoms with Gasteiger partial charge in [-0.3, -0.25) is 0 Å². The molecule has 13 rings (SSSR count). The lowest BCUT2D eigenvalue weighted by Crippen LogP contribution is -2.39. The van der Waals surface area contributed by atoms with Gasteiger partial charge in [-0.1, -0.05) is 190 Å². The predicted octanol–water partition coefficient (Wildman–Crippen LogP) is 16.6. The molecule has 0 atom stereocenters. The fourth-order valence-corrected chi connectivity index (χ4v) is 12.8. The van der Waals surface area contributed by atoms with Crippen LogP contribution in [0.1, 0.15) is 72.9 Å². The molecule has 9 aromatic carbocycles. The van der Waals surface area contributed by atoms with Crippen LogP contribution in [0.5, 0.6) is 0 Å². The highest BCUT2D eigenvalue weighted by atomic mass is 15.1. The molecule has 1 nitrogen and oxygen atoms in total. The summed E-state index contributed by atoms with van der Waals surface area (Å²) in [6, 6.07) is 80.1. The fraction of sp³-hybridized carbons (Fsp3) is 0.143. The van der Waals surface area contributed by atoms with E-state index >= 15 is 0 Å². The summed E-state index contributed by atoms with van der Waals surface area (Å²) >= 11 is 0. The molecule has 0 unspecified atom stereocenters. The van der Waals surface area contributed by atoms with Crippen LogP contribution < -0.4 is 4.90 Å². The molecule has 0 heterocycles. The van der Waals surface area contributed by atoms with Crippen LogP contribution in [-0.4, -0.2) is 0 Å². The molecule has 0 N–H and O–H groups in total. The van der Waals surface area contributed by atoms with Crippen LogP contribution in [0.4, 0.5) is 17.1 Å². The van der Waals surface area contributed by atoms with Crippen LogP contribution in [0.2, 0.25) is 0 Å². The summed E-state index contributed by atoms with van der Waals surface area (Å²) in [5.74, 6) is 0. The summed E-state index contributed by atoms with van der Waals surface area (Å²) in [6.07, 6.45) is 4.53. The molecular formula is C63H49N. The van der Waals surface area contributed by atoms with Crippen molar-refractivity contribution >= 4 is 17.1 Å². The summed E-state index contributed by atoms with van der Waals surface area (Å²) < 4.78 is 0. The van der Waals surface area contributed by atoms with E-state index in [1.54, 1.807) is 0 Å². The second kappa shape index (κ2) is 13.9. The van der Waals surface area contributed by atoms with Crippen molar-refractivity contribution in [3.8, 4) is 55.6 Å². The number of para-hydroxylation sites is 1. The van der Waals surface area contributed by atoms with Gasteiger partial charge in [0, 0.05) is 33.2 Å². The van der Waals surface area contributed by atoms with Crippen molar-refractivity contribution in [1.29, 1.82) is 0 Å². The minimum absolute atomic E-state index is 0.0153. The van der Waals surface area contributed by atoms with Crippen LogP contribution in [0.25, 0.3) is 55.6 Å². The Morgan fingerprint density at radius 2 is 0.719 bits per heavy atom. The zero-order chi connectivity index (χ0) is 42.6. The molecule has 2 spiro atoms. The first kappa shape index (κ1) is 37.3. The maximum Gasteiger partial charge on any atom is 0.0540 e. The standard InChI is InChI=1S/C63H49N/c1-61(2)54-23-11-6-19-48(54)52-35-33-46(41-58(52)61)64(60-27-15-10-18-47(60)43-16-4-3-5-17-43)45-31-28-42(29-32-45)44-30-34-53-51-22-9-14-26-57(51)63(59(53)40-44)38-36-62(37-39-63)55-24-12-7-20-49(55)50-21-8-13-25-56(50)62/h3-35,40-41H,36-39H2,1-2H3. The van der Waals surface area contributed by atoms with Crippen molar-refractivity contribution in [3.63, 3.8) is 0 Å². The smallest absolute Gasteiger partial charge is 0.0540 e. The van der Waals surface area contributed by atoms with Gasteiger partial charge in [0.15, 0.2) is 0 Å². The van der Waals surface area contributed by atoms with Crippen molar-refractivity contribution < 1.29 is 0 Å². The molecule has 64 heavy (non-hydrogen) atoms. The third kappa shape index (κ3) is 5.25. The van der Waals surface area contributed by atoms with Gasteiger partial charge in [0.2, 0.25) is 0 Å². The van der Waals surface area contributed by atoms with Crippen LogP contribution in [0, 0.1) is 0 Å². The van der Waals surface area contributed by atoms with Crippen molar-refractivity contribution in [1.82, 2.24) is 0 Å². The number of hydrogen-bond donors (Lipinski definition) is 0. The van der Waals surface area contributed by atoms with Crippen LogP contribution >= 0.6 is 0 Å². The third-order valence-corrected chi connectivity index (χ3v) is 15.9. The average Bonchev–Trinajstić information content (AvgIpc) is 3.88. The van der Waals surface area contributed by atoms with Gasteiger partial charge < -0.3 is 4.90 Å². The maximum absolute atomic E-state index is 2.56. The Hall–Kier alpha value is -7.22. The van der Waals surface area contributed by atoms with E-state index in [1.807, 2.05) is 0 Å². The van der Waals surface area contributed by atoms with Gasteiger partial charge in [-0.25, -0.2) is 0 Å². The predicted molar refractivity (Wildman–Crippen MR) is 267 cm³/mol. The molecule has 1 saturated carbocycles. The quantitative estimate of drug-likeness (QED) is 0.167. The molecule has 0 bridgehead atoms. The second-order valence-electron chi connectivity index (χ2n) is 19.2. The Kier molecular flexibility index (Phi) is 8.10. The van der Waals surface area contributed by atoms with E-state index in [0.29, 0.717) is 0 Å². The van der Waals surface area contributed by atoms with Crippen molar-refractivity contribution in [3.05, 3.63) is 246 Å². The zero-order valence-corrected chi connectivity index (χ0v) is 36.5. The zero-order valence-electron chi connectivity index (χ0n) is 36.5. The van der Waals surface area contributed by atoms with Crippen LogP contribution in [0.3, 0.4) is 0 Å². The molecule has 1 fully saturated rings. The van der Waals surface area contributed by atoms with Gasteiger partial charge in [-0.2, -0.15) is 0 Å². The van der Waals surface area contributed by atoms with E-state index in [4.69, 9.17) is 0 Å². The van der Waals surface area contributed by atoms with Gasteiger partial charge in [-0.15, -0.1) is 0 Å². The Balaban J connectivity index is 0.898. The van der Waals surface area contributed by atoms with E-state index in [9.17, 15) is 0 Å². The fourth-order valence-electron chi connectivity index (χ4n) is 12.8. The van der Waals surface area contributed by atoms with Crippen molar-refractivity contribution in [2.24, 2.45) is 0 Å². The Bertz CT molecular complexity index is 3260. The lowest BCUT2D eigenvalue weighted by molar-refractivity contribution is 0.265. The Labute approximate surface area is 377 Å². The Morgan fingerprint density at radius 1 is 0.297 bits per heavy atom. The Morgan fingerprint density at radius 3 is 1.33 bits per heavy atom. The molecule has 4 aliphatic rings. The first-order valence-electron chi connectivity index (χ1n) is 23.2. The normalized spacial score (nSPS) is 16.1. The van der Waals surface area contributed by atoms with Crippen LogP contribution in [0.15, 0.2) is 212 Å². The highest BCUT2D eigenvalue weighted by molar-refractivity contribution is 5.92. The number of fused-ring (bicyclic) bond motifs is 13.